The van der Waals surface area contributed by atoms with Crippen LogP contribution in [0.3, 0.4) is 0 Å². The van der Waals surface area contributed by atoms with Gasteiger partial charge in [0.15, 0.2) is 0 Å². The summed E-state index contributed by atoms with van der Waals surface area (Å²) in [6, 6.07) is 0. The highest BCUT2D eigenvalue weighted by atomic mass is 15.1. The number of rotatable bonds is 12. The van der Waals surface area contributed by atoms with Crippen molar-refractivity contribution in [3.63, 3.8) is 0 Å². The second-order valence-electron chi connectivity index (χ2n) is 5.72. The molecule has 0 amide bonds. The molecule has 0 aromatic heterocycles. The summed E-state index contributed by atoms with van der Waals surface area (Å²) >= 11 is 0. The lowest BCUT2D eigenvalue weighted by Crippen LogP contribution is -2.28. The van der Waals surface area contributed by atoms with Crippen molar-refractivity contribution in [2.75, 3.05) is 74.5 Å². The van der Waals surface area contributed by atoms with Crippen molar-refractivity contribution in [1.29, 1.82) is 0 Å². The van der Waals surface area contributed by atoms with Crippen LogP contribution in [0.15, 0.2) is 0 Å². The van der Waals surface area contributed by atoms with Crippen LogP contribution in [0.4, 0.5) is 0 Å². The van der Waals surface area contributed by atoms with Crippen molar-refractivity contribution >= 4 is 0 Å². The molecule has 0 heterocycles. The van der Waals surface area contributed by atoms with E-state index in [1.807, 2.05) is 0 Å². The van der Waals surface area contributed by atoms with Gasteiger partial charge in [0.25, 0.3) is 0 Å². The van der Waals surface area contributed by atoms with Crippen LogP contribution < -0.4 is 5.32 Å². The minimum absolute atomic E-state index is 1.14. The van der Waals surface area contributed by atoms with Crippen molar-refractivity contribution in [3.05, 3.63) is 0 Å². The van der Waals surface area contributed by atoms with Crippen LogP contribution in [0.1, 0.15) is 19.3 Å². The summed E-state index contributed by atoms with van der Waals surface area (Å²) < 4.78 is 0. The molecule has 4 heteroatoms. The van der Waals surface area contributed by atoms with Gasteiger partial charge in [-0.15, -0.1) is 0 Å². The summed E-state index contributed by atoms with van der Waals surface area (Å²) in [4.78, 5) is 6.92. The van der Waals surface area contributed by atoms with Crippen molar-refractivity contribution in [2.24, 2.45) is 0 Å². The largest absolute Gasteiger partial charge is 0.317 e. The van der Waals surface area contributed by atoms with E-state index in [1.54, 1.807) is 0 Å². The lowest BCUT2D eigenvalue weighted by Gasteiger charge is -2.18. The minimum Gasteiger partial charge on any atom is -0.317 e. The average Bonchev–Trinajstić information content (AvgIpc) is 2.26. The SMILES string of the molecule is CN(C)CCCNCCCN(C)CCCN(C)C. The molecular weight excluding hydrogens is 224 g/mol. The fourth-order valence-electron chi connectivity index (χ4n) is 1.89. The monoisotopic (exact) mass is 258 g/mol. The molecule has 0 spiro atoms. The Bertz CT molecular complexity index is 171. The Morgan fingerprint density at radius 2 is 1.06 bits per heavy atom. The van der Waals surface area contributed by atoms with Crippen LogP contribution in [0.25, 0.3) is 0 Å². The first-order chi connectivity index (χ1) is 8.52. The Morgan fingerprint density at radius 1 is 0.611 bits per heavy atom. The van der Waals surface area contributed by atoms with Crippen LogP contribution in [-0.4, -0.2) is 89.2 Å². The van der Waals surface area contributed by atoms with E-state index in [2.05, 4.69) is 55.3 Å². The second kappa shape index (κ2) is 11.9. The molecule has 0 bridgehead atoms. The van der Waals surface area contributed by atoms with Gasteiger partial charge in [-0.25, -0.2) is 0 Å². The minimum atomic E-state index is 1.14. The number of hydrogen-bond acceptors (Lipinski definition) is 4. The van der Waals surface area contributed by atoms with Crippen molar-refractivity contribution in [1.82, 2.24) is 20.0 Å². The van der Waals surface area contributed by atoms with E-state index in [4.69, 9.17) is 0 Å². The zero-order valence-corrected chi connectivity index (χ0v) is 13.2. The molecule has 0 aliphatic carbocycles. The van der Waals surface area contributed by atoms with E-state index < -0.39 is 0 Å². The number of hydrogen-bond donors (Lipinski definition) is 1. The molecular formula is C14H34N4. The van der Waals surface area contributed by atoms with Crippen LogP contribution in [0, 0.1) is 0 Å². The molecule has 0 aromatic carbocycles. The van der Waals surface area contributed by atoms with Gasteiger partial charge in [0.05, 0.1) is 0 Å². The average molecular weight is 258 g/mol. The highest BCUT2D eigenvalue weighted by Crippen LogP contribution is 1.91. The zero-order chi connectivity index (χ0) is 13.8. The van der Waals surface area contributed by atoms with Gasteiger partial charge >= 0.3 is 0 Å². The zero-order valence-electron chi connectivity index (χ0n) is 13.2. The predicted molar refractivity (Wildman–Crippen MR) is 81.3 cm³/mol. The number of nitrogens with zero attached hydrogens (tertiary/aromatic N) is 3. The third kappa shape index (κ3) is 13.9. The van der Waals surface area contributed by atoms with Gasteiger partial charge in [-0.2, -0.15) is 0 Å². The lowest BCUT2D eigenvalue weighted by atomic mass is 10.3. The van der Waals surface area contributed by atoms with Crippen molar-refractivity contribution < 1.29 is 0 Å². The Kier molecular flexibility index (Phi) is 11.8. The van der Waals surface area contributed by atoms with Gasteiger partial charge in [0, 0.05) is 0 Å². The lowest BCUT2D eigenvalue weighted by molar-refractivity contribution is 0.296. The highest BCUT2D eigenvalue weighted by Gasteiger charge is 1.98. The summed E-state index contributed by atoms with van der Waals surface area (Å²) in [5, 5.41) is 3.51. The van der Waals surface area contributed by atoms with Crippen molar-refractivity contribution in [3.8, 4) is 0 Å². The first-order valence-electron chi connectivity index (χ1n) is 7.21. The van der Waals surface area contributed by atoms with Crippen LogP contribution in [-0.2, 0) is 0 Å². The van der Waals surface area contributed by atoms with Crippen LogP contribution in [0.5, 0.6) is 0 Å². The summed E-state index contributed by atoms with van der Waals surface area (Å²) in [5.41, 5.74) is 0. The summed E-state index contributed by atoms with van der Waals surface area (Å²) in [5.74, 6) is 0. The number of nitrogens with one attached hydrogen (secondary N) is 1. The van der Waals surface area contributed by atoms with E-state index >= 15 is 0 Å². The third-order valence-corrected chi connectivity index (χ3v) is 3.00. The molecule has 0 aliphatic rings. The van der Waals surface area contributed by atoms with E-state index in [0.29, 0.717) is 0 Å². The van der Waals surface area contributed by atoms with Gasteiger partial charge in [-0.1, -0.05) is 0 Å². The topological polar surface area (TPSA) is 21.8 Å². The Hall–Kier alpha value is -0.160. The summed E-state index contributed by atoms with van der Waals surface area (Å²) in [6.45, 7) is 7.06. The normalized spacial score (nSPS) is 12.0. The van der Waals surface area contributed by atoms with Gasteiger partial charge in [-0.3, -0.25) is 0 Å². The molecule has 18 heavy (non-hydrogen) atoms. The van der Waals surface area contributed by atoms with E-state index in [9.17, 15) is 0 Å². The summed E-state index contributed by atoms with van der Waals surface area (Å²) in [7, 11) is 10.8. The molecule has 0 saturated heterocycles. The quantitative estimate of drug-likeness (QED) is 0.523. The maximum atomic E-state index is 3.51. The van der Waals surface area contributed by atoms with Gasteiger partial charge in [0.2, 0.25) is 0 Å². The van der Waals surface area contributed by atoms with Gasteiger partial charge < -0.3 is 20.0 Å². The molecule has 0 aliphatic heterocycles. The predicted octanol–water partition coefficient (Wildman–Crippen LogP) is 0.801. The fourth-order valence-corrected chi connectivity index (χ4v) is 1.89. The first kappa shape index (κ1) is 17.8. The molecule has 0 atom stereocenters. The van der Waals surface area contributed by atoms with Gasteiger partial charge in [0.1, 0.15) is 0 Å². The second-order valence-corrected chi connectivity index (χ2v) is 5.72. The summed E-state index contributed by atoms with van der Waals surface area (Å²) in [6.07, 6.45) is 3.76. The Balaban J connectivity index is 3.17. The molecule has 0 unspecified atom stereocenters. The van der Waals surface area contributed by atoms with E-state index in [0.717, 1.165) is 13.1 Å². The maximum absolute atomic E-state index is 3.51. The molecule has 0 fully saturated rings. The maximum Gasteiger partial charge on any atom is -0.000959 e. The molecule has 0 aromatic rings. The molecule has 0 saturated carbocycles. The molecule has 0 radical (unpaired) electrons. The fraction of sp³-hybridized carbons (Fsp3) is 1.00. The Morgan fingerprint density at radius 3 is 1.61 bits per heavy atom. The smallest absolute Gasteiger partial charge is 0.000959 e. The first-order valence-corrected chi connectivity index (χ1v) is 7.21. The standard InChI is InChI=1S/C14H34N4/c1-16(2)11-6-9-15-10-7-13-18(5)14-8-12-17(3)4/h15H,6-14H2,1-5H3. The van der Waals surface area contributed by atoms with E-state index in [1.165, 1.54) is 45.4 Å². The Labute approximate surface area is 114 Å². The molecule has 1 N–H and O–H groups in total. The molecule has 4 nitrogen and oxygen atoms in total. The van der Waals surface area contributed by atoms with Crippen molar-refractivity contribution in [2.45, 2.75) is 19.3 Å². The van der Waals surface area contributed by atoms with Gasteiger partial charge in [-0.05, 0) is 93.8 Å². The third-order valence-electron chi connectivity index (χ3n) is 3.00. The molecule has 110 valence electrons. The van der Waals surface area contributed by atoms with Crippen LogP contribution >= 0.6 is 0 Å². The van der Waals surface area contributed by atoms with E-state index in [-0.39, 0.29) is 0 Å². The highest BCUT2D eigenvalue weighted by molar-refractivity contribution is 4.56. The molecule has 0 rings (SSSR count). The van der Waals surface area contributed by atoms with Crippen LogP contribution in [0.2, 0.25) is 0 Å².